The van der Waals surface area contributed by atoms with Gasteiger partial charge in [0.25, 0.3) is 5.56 Å². The molecule has 0 aliphatic rings. The van der Waals surface area contributed by atoms with Crippen molar-refractivity contribution in [3.05, 3.63) is 99.6 Å². The minimum Gasteiger partial charge on any atom is -0.481 e. The highest BCUT2D eigenvalue weighted by atomic mass is 35.5. The second kappa shape index (κ2) is 11.3. The molecule has 2 aromatic heterocycles. The van der Waals surface area contributed by atoms with Crippen LogP contribution >= 0.6 is 11.6 Å². The van der Waals surface area contributed by atoms with Crippen LogP contribution in [0, 0.1) is 0 Å². The van der Waals surface area contributed by atoms with Crippen LogP contribution in [0.5, 0.6) is 11.6 Å². The Balaban J connectivity index is 1.57. The van der Waals surface area contributed by atoms with E-state index in [4.69, 9.17) is 21.4 Å². The van der Waals surface area contributed by atoms with Gasteiger partial charge in [0.05, 0.1) is 6.54 Å². The summed E-state index contributed by atoms with van der Waals surface area (Å²) in [6.07, 6.45) is 2.11. The summed E-state index contributed by atoms with van der Waals surface area (Å²) < 4.78 is 7.19. The molecule has 0 unspecified atom stereocenters. The average Bonchev–Trinajstić information content (AvgIpc) is 2.85. The second-order valence-electron chi connectivity index (χ2n) is 7.65. The number of nitrogens with one attached hydrogen (secondary N) is 1. The highest BCUT2D eigenvalue weighted by Gasteiger charge is 2.14. The van der Waals surface area contributed by atoms with E-state index >= 15 is 0 Å². The van der Waals surface area contributed by atoms with Gasteiger partial charge in [-0.25, -0.2) is 4.98 Å². The van der Waals surface area contributed by atoms with E-state index in [1.807, 2.05) is 24.3 Å². The molecule has 0 fully saturated rings. The first kappa shape index (κ1) is 23.9. The molecule has 0 saturated carbocycles. The maximum atomic E-state index is 13.2. The molecular weight excluding hydrogens is 470 g/mol. The number of carboxylic acid groups (broad SMARTS) is 1. The lowest BCUT2D eigenvalue weighted by Gasteiger charge is -2.15. The molecule has 0 radical (unpaired) electrons. The van der Waals surface area contributed by atoms with Gasteiger partial charge >= 0.3 is 5.97 Å². The minimum absolute atomic E-state index is 0.0504. The fraction of sp³-hybridized carbons (Fsp3) is 0.160. The molecule has 0 saturated heterocycles. The molecule has 0 spiro atoms. The normalized spacial score (nSPS) is 10.7. The quantitative estimate of drug-likeness (QED) is 0.328. The van der Waals surface area contributed by atoms with Crippen molar-refractivity contribution in [2.75, 3.05) is 5.32 Å². The van der Waals surface area contributed by atoms with Gasteiger partial charge in [0, 0.05) is 29.4 Å². The number of halogens is 1. The van der Waals surface area contributed by atoms with Crippen LogP contribution in [-0.4, -0.2) is 30.8 Å². The maximum absolute atomic E-state index is 13.2. The standard InChI is InChI=1S/C25H22ClN5O4/c26-18-9-7-17(8-10-18)16-31-24(34)21(4-3-6-23(32)33)29-30-25(31)28-19-11-13-20(14-12-19)35-22-5-1-2-15-27-22/h1-2,5,7-15H,3-4,6,16H2,(H,28,30)(H,32,33). The molecule has 2 aromatic carbocycles. The molecule has 9 nitrogen and oxygen atoms in total. The molecule has 10 heteroatoms. The van der Waals surface area contributed by atoms with Crippen LogP contribution in [0.25, 0.3) is 0 Å². The fourth-order valence-corrected chi connectivity index (χ4v) is 3.42. The number of rotatable bonds is 10. The molecule has 2 N–H and O–H groups in total. The lowest BCUT2D eigenvalue weighted by atomic mass is 10.2. The third-order valence-corrected chi connectivity index (χ3v) is 5.29. The summed E-state index contributed by atoms with van der Waals surface area (Å²) in [6.45, 7) is 0.237. The highest BCUT2D eigenvalue weighted by Crippen LogP contribution is 2.23. The van der Waals surface area contributed by atoms with Crippen molar-refractivity contribution in [2.24, 2.45) is 0 Å². The van der Waals surface area contributed by atoms with Gasteiger partial charge in [-0.1, -0.05) is 29.8 Å². The van der Waals surface area contributed by atoms with Crippen molar-refractivity contribution >= 4 is 29.2 Å². The second-order valence-corrected chi connectivity index (χ2v) is 8.09. The third-order valence-electron chi connectivity index (χ3n) is 5.04. The summed E-state index contributed by atoms with van der Waals surface area (Å²) in [7, 11) is 0. The predicted molar refractivity (Wildman–Crippen MR) is 131 cm³/mol. The maximum Gasteiger partial charge on any atom is 0.303 e. The summed E-state index contributed by atoms with van der Waals surface area (Å²) in [5.41, 5.74) is 1.40. The van der Waals surface area contributed by atoms with Gasteiger partial charge in [-0.05, 0) is 60.9 Å². The van der Waals surface area contributed by atoms with Crippen LogP contribution in [0.3, 0.4) is 0 Å². The first-order chi connectivity index (χ1) is 17.0. The molecule has 0 aliphatic heterocycles. The number of hydrogen-bond acceptors (Lipinski definition) is 7. The molecule has 4 rings (SSSR count). The minimum atomic E-state index is -0.923. The zero-order chi connectivity index (χ0) is 24.6. The zero-order valence-corrected chi connectivity index (χ0v) is 19.4. The van der Waals surface area contributed by atoms with E-state index in [2.05, 4.69) is 20.5 Å². The number of ether oxygens (including phenoxy) is 1. The van der Waals surface area contributed by atoms with Crippen molar-refractivity contribution in [3.8, 4) is 11.6 Å². The van der Waals surface area contributed by atoms with Crippen LogP contribution in [-0.2, 0) is 17.8 Å². The molecule has 0 amide bonds. The SMILES string of the molecule is O=C(O)CCCc1nnc(Nc2ccc(Oc3ccccn3)cc2)n(Cc2ccc(Cl)cc2)c1=O. The van der Waals surface area contributed by atoms with E-state index in [1.54, 1.807) is 48.7 Å². The largest absolute Gasteiger partial charge is 0.481 e. The Morgan fingerprint density at radius 1 is 1.03 bits per heavy atom. The van der Waals surface area contributed by atoms with Crippen molar-refractivity contribution < 1.29 is 14.6 Å². The molecule has 2 heterocycles. The molecule has 35 heavy (non-hydrogen) atoms. The summed E-state index contributed by atoms with van der Waals surface area (Å²) in [5, 5.41) is 20.9. The molecule has 0 aliphatic carbocycles. The lowest BCUT2D eigenvalue weighted by Crippen LogP contribution is -2.29. The van der Waals surface area contributed by atoms with E-state index in [0.717, 1.165) is 5.56 Å². The van der Waals surface area contributed by atoms with E-state index < -0.39 is 5.97 Å². The number of pyridine rings is 1. The Bertz CT molecular complexity index is 1340. The van der Waals surface area contributed by atoms with Crippen molar-refractivity contribution in [1.82, 2.24) is 19.7 Å². The highest BCUT2D eigenvalue weighted by molar-refractivity contribution is 6.30. The van der Waals surface area contributed by atoms with Crippen LogP contribution in [0.4, 0.5) is 11.6 Å². The van der Waals surface area contributed by atoms with Crippen LogP contribution in [0.2, 0.25) is 5.02 Å². The number of anilines is 2. The zero-order valence-electron chi connectivity index (χ0n) is 18.6. The topological polar surface area (TPSA) is 119 Å². The third kappa shape index (κ3) is 6.64. The number of nitrogens with zero attached hydrogens (tertiary/aromatic N) is 4. The monoisotopic (exact) mass is 491 g/mol. The van der Waals surface area contributed by atoms with Gasteiger partial charge in [-0.2, -0.15) is 0 Å². The molecule has 0 atom stereocenters. The van der Waals surface area contributed by atoms with E-state index in [0.29, 0.717) is 28.8 Å². The Kier molecular flexibility index (Phi) is 7.69. The Morgan fingerprint density at radius 3 is 2.49 bits per heavy atom. The summed E-state index contributed by atoms with van der Waals surface area (Å²) in [5.74, 6) is 0.417. The summed E-state index contributed by atoms with van der Waals surface area (Å²) in [4.78, 5) is 28.2. The van der Waals surface area contributed by atoms with Gasteiger partial charge in [0.1, 0.15) is 11.4 Å². The summed E-state index contributed by atoms with van der Waals surface area (Å²) >= 11 is 5.99. The van der Waals surface area contributed by atoms with Crippen molar-refractivity contribution in [1.29, 1.82) is 0 Å². The number of hydrogen-bond donors (Lipinski definition) is 2. The fourth-order valence-electron chi connectivity index (χ4n) is 3.30. The number of carboxylic acids is 1. The first-order valence-corrected chi connectivity index (χ1v) is 11.2. The van der Waals surface area contributed by atoms with Gasteiger partial charge in [-0.3, -0.25) is 14.2 Å². The van der Waals surface area contributed by atoms with Gasteiger partial charge < -0.3 is 15.2 Å². The average molecular weight is 492 g/mol. The number of aliphatic carboxylic acids is 1. The smallest absolute Gasteiger partial charge is 0.303 e. The molecule has 0 bridgehead atoms. The molecular formula is C25H22ClN5O4. The number of aryl methyl sites for hydroxylation is 1. The van der Waals surface area contributed by atoms with Gasteiger partial charge in [0.2, 0.25) is 11.8 Å². The van der Waals surface area contributed by atoms with Crippen molar-refractivity contribution in [2.45, 2.75) is 25.8 Å². The van der Waals surface area contributed by atoms with Crippen LogP contribution in [0.15, 0.2) is 77.7 Å². The predicted octanol–water partition coefficient (Wildman–Crippen LogP) is 4.68. The lowest BCUT2D eigenvalue weighted by molar-refractivity contribution is -0.137. The Labute approximate surface area is 206 Å². The van der Waals surface area contributed by atoms with Crippen molar-refractivity contribution in [3.63, 3.8) is 0 Å². The number of carbonyl (C=O) groups is 1. The van der Waals surface area contributed by atoms with Gasteiger partial charge in [0.15, 0.2) is 0 Å². The van der Waals surface area contributed by atoms with Gasteiger partial charge in [-0.15, -0.1) is 10.2 Å². The van der Waals surface area contributed by atoms with E-state index in [-0.39, 0.29) is 36.6 Å². The Hall–Kier alpha value is -4.24. The Morgan fingerprint density at radius 2 is 1.80 bits per heavy atom. The number of aromatic nitrogens is 4. The molecule has 178 valence electrons. The van der Waals surface area contributed by atoms with Crippen LogP contribution < -0.4 is 15.6 Å². The van der Waals surface area contributed by atoms with Crippen LogP contribution in [0.1, 0.15) is 24.1 Å². The summed E-state index contributed by atoms with van der Waals surface area (Å²) in [6, 6.07) is 19.7. The van der Waals surface area contributed by atoms with E-state index in [1.165, 1.54) is 4.57 Å². The number of benzene rings is 2. The van der Waals surface area contributed by atoms with E-state index in [9.17, 15) is 9.59 Å². The first-order valence-electron chi connectivity index (χ1n) is 10.9. The molecule has 4 aromatic rings.